The molecule has 0 aliphatic carbocycles. The lowest BCUT2D eigenvalue weighted by Crippen LogP contribution is -2.09. The minimum atomic E-state index is -4.41. The molecule has 1 N–H and O–H groups in total. The molecule has 0 unspecified atom stereocenters. The van der Waals surface area contributed by atoms with Crippen LogP contribution in [-0.4, -0.2) is 9.97 Å². The lowest BCUT2D eigenvalue weighted by atomic mass is 10.1. The first-order chi connectivity index (χ1) is 8.47. The predicted octanol–water partition coefficient (Wildman–Crippen LogP) is 3.84. The van der Waals surface area contributed by atoms with Gasteiger partial charge in [0.2, 0.25) is 5.95 Å². The molecule has 1 heterocycles. The van der Waals surface area contributed by atoms with Crippen molar-refractivity contribution >= 4 is 34.2 Å². The zero-order valence-electron chi connectivity index (χ0n) is 8.87. The maximum absolute atomic E-state index is 12.7. The average molecular weight is 365 g/mol. The predicted molar refractivity (Wildman–Crippen MR) is 69.5 cm³/mol. The highest BCUT2D eigenvalue weighted by molar-refractivity contribution is 14.1. The van der Waals surface area contributed by atoms with Crippen LogP contribution in [0.2, 0.25) is 0 Å². The van der Waals surface area contributed by atoms with E-state index < -0.39 is 11.7 Å². The van der Waals surface area contributed by atoms with Crippen LogP contribution in [0.1, 0.15) is 5.56 Å². The first kappa shape index (κ1) is 13.1. The summed E-state index contributed by atoms with van der Waals surface area (Å²) in [7, 11) is 0. The Hall–Kier alpha value is -1.38. The van der Waals surface area contributed by atoms with Crippen LogP contribution >= 0.6 is 22.6 Å². The molecule has 0 amide bonds. The molecule has 0 spiro atoms. The van der Waals surface area contributed by atoms with Crippen LogP contribution in [0.4, 0.5) is 24.8 Å². The van der Waals surface area contributed by atoms with Crippen molar-refractivity contribution in [1.82, 2.24) is 9.97 Å². The number of nitrogens with zero attached hydrogens (tertiary/aromatic N) is 2. The number of para-hydroxylation sites is 1. The zero-order chi connectivity index (χ0) is 13.2. The van der Waals surface area contributed by atoms with Gasteiger partial charge < -0.3 is 5.32 Å². The van der Waals surface area contributed by atoms with E-state index >= 15 is 0 Å². The van der Waals surface area contributed by atoms with E-state index in [1.807, 2.05) is 22.6 Å². The van der Waals surface area contributed by atoms with Gasteiger partial charge in [-0.05, 0) is 34.7 Å². The Balaban J connectivity index is 2.32. The van der Waals surface area contributed by atoms with Gasteiger partial charge in [-0.25, -0.2) is 9.97 Å². The topological polar surface area (TPSA) is 37.8 Å². The summed E-state index contributed by atoms with van der Waals surface area (Å²) in [5, 5.41) is 2.56. The van der Waals surface area contributed by atoms with Crippen molar-refractivity contribution in [2.45, 2.75) is 6.18 Å². The highest BCUT2D eigenvalue weighted by Gasteiger charge is 2.33. The highest BCUT2D eigenvalue weighted by Crippen LogP contribution is 2.35. The maximum Gasteiger partial charge on any atom is 0.418 e. The van der Waals surface area contributed by atoms with Crippen molar-refractivity contribution in [3.8, 4) is 0 Å². The van der Waals surface area contributed by atoms with Gasteiger partial charge in [0.25, 0.3) is 0 Å². The molecule has 0 radical (unpaired) electrons. The summed E-state index contributed by atoms with van der Waals surface area (Å²) < 4.78 is 39.0. The smallest absolute Gasteiger partial charge is 0.324 e. The van der Waals surface area contributed by atoms with Gasteiger partial charge in [0, 0.05) is 16.0 Å². The first-order valence-electron chi connectivity index (χ1n) is 4.87. The van der Waals surface area contributed by atoms with E-state index in [0.29, 0.717) is 0 Å². The molecule has 2 aromatic rings. The normalized spacial score (nSPS) is 11.3. The summed E-state index contributed by atoms with van der Waals surface area (Å²) in [6, 6.07) is 5.20. The van der Waals surface area contributed by atoms with Gasteiger partial charge in [-0.3, -0.25) is 0 Å². The largest absolute Gasteiger partial charge is 0.418 e. The summed E-state index contributed by atoms with van der Waals surface area (Å²) in [5.74, 6) is 0.132. The standard InChI is InChI=1S/C11H7F3IN3/c12-11(13,14)8-3-1-2-4-9(8)18-10-16-5-7(15)6-17-10/h1-6H,(H,16,17,18). The van der Waals surface area contributed by atoms with Crippen molar-refractivity contribution in [2.24, 2.45) is 0 Å². The molecule has 0 bridgehead atoms. The average Bonchev–Trinajstić information content (AvgIpc) is 2.31. The molecule has 0 atom stereocenters. The molecular weight excluding hydrogens is 358 g/mol. The van der Waals surface area contributed by atoms with Gasteiger partial charge in [-0.1, -0.05) is 12.1 Å². The van der Waals surface area contributed by atoms with Crippen molar-refractivity contribution in [3.05, 3.63) is 45.8 Å². The Labute approximate surface area is 115 Å². The SMILES string of the molecule is FC(F)(F)c1ccccc1Nc1ncc(I)cn1. The number of anilines is 2. The van der Waals surface area contributed by atoms with Gasteiger partial charge in [0.15, 0.2) is 0 Å². The van der Waals surface area contributed by atoms with E-state index in [-0.39, 0.29) is 11.6 Å². The van der Waals surface area contributed by atoms with Crippen molar-refractivity contribution in [2.75, 3.05) is 5.32 Å². The van der Waals surface area contributed by atoms with E-state index in [1.165, 1.54) is 30.6 Å². The summed E-state index contributed by atoms with van der Waals surface area (Å²) in [5.41, 5.74) is -0.807. The molecule has 18 heavy (non-hydrogen) atoms. The van der Waals surface area contributed by atoms with Gasteiger partial charge in [-0.2, -0.15) is 13.2 Å². The third kappa shape index (κ3) is 3.09. The van der Waals surface area contributed by atoms with Gasteiger partial charge in [0.1, 0.15) is 0 Å². The Morgan fingerprint density at radius 1 is 1.06 bits per heavy atom. The van der Waals surface area contributed by atoms with Crippen LogP contribution in [0.5, 0.6) is 0 Å². The third-order valence-corrected chi connectivity index (χ3v) is 2.66. The molecule has 7 heteroatoms. The molecule has 94 valence electrons. The van der Waals surface area contributed by atoms with Crippen LogP contribution in [0, 0.1) is 3.57 Å². The molecular formula is C11H7F3IN3. The maximum atomic E-state index is 12.7. The van der Waals surface area contributed by atoms with Crippen molar-refractivity contribution in [3.63, 3.8) is 0 Å². The third-order valence-electron chi connectivity index (χ3n) is 2.10. The number of hydrogen-bond acceptors (Lipinski definition) is 3. The highest BCUT2D eigenvalue weighted by atomic mass is 127. The second-order valence-corrected chi connectivity index (χ2v) is 4.64. The molecule has 0 saturated carbocycles. The Morgan fingerprint density at radius 3 is 2.28 bits per heavy atom. The molecule has 0 aliphatic heterocycles. The quantitative estimate of drug-likeness (QED) is 0.822. The number of hydrogen-bond donors (Lipinski definition) is 1. The van der Waals surface area contributed by atoms with Crippen LogP contribution in [0.15, 0.2) is 36.7 Å². The fraction of sp³-hybridized carbons (Fsp3) is 0.0909. The lowest BCUT2D eigenvalue weighted by Gasteiger charge is -2.13. The number of alkyl halides is 3. The lowest BCUT2D eigenvalue weighted by molar-refractivity contribution is -0.136. The van der Waals surface area contributed by atoms with Gasteiger partial charge >= 0.3 is 6.18 Å². The second-order valence-electron chi connectivity index (χ2n) is 3.39. The fourth-order valence-electron chi connectivity index (χ4n) is 1.34. The fourth-order valence-corrected chi connectivity index (χ4v) is 1.62. The number of nitrogens with one attached hydrogen (secondary N) is 1. The second kappa shape index (κ2) is 5.09. The van der Waals surface area contributed by atoms with E-state index in [2.05, 4.69) is 15.3 Å². The summed E-state index contributed by atoms with van der Waals surface area (Å²) >= 11 is 2.01. The Kier molecular flexibility index (Phi) is 3.69. The minimum Gasteiger partial charge on any atom is -0.324 e. The summed E-state index contributed by atoms with van der Waals surface area (Å²) in [6.07, 6.45) is -1.37. The van der Waals surface area contributed by atoms with E-state index in [9.17, 15) is 13.2 Å². The van der Waals surface area contributed by atoms with E-state index in [0.717, 1.165) is 9.64 Å². The Morgan fingerprint density at radius 2 is 1.67 bits per heavy atom. The molecule has 2 rings (SSSR count). The van der Waals surface area contributed by atoms with Gasteiger partial charge in [-0.15, -0.1) is 0 Å². The van der Waals surface area contributed by atoms with E-state index in [4.69, 9.17) is 0 Å². The number of halogens is 4. The monoisotopic (exact) mass is 365 g/mol. The minimum absolute atomic E-state index is 0.0637. The van der Waals surface area contributed by atoms with Crippen LogP contribution in [0.3, 0.4) is 0 Å². The van der Waals surface area contributed by atoms with Crippen LogP contribution in [0.25, 0.3) is 0 Å². The van der Waals surface area contributed by atoms with E-state index in [1.54, 1.807) is 0 Å². The van der Waals surface area contributed by atoms with Crippen LogP contribution < -0.4 is 5.32 Å². The Bertz CT molecular complexity index is 540. The molecule has 0 saturated heterocycles. The number of rotatable bonds is 2. The molecule has 1 aromatic heterocycles. The number of aromatic nitrogens is 2. The van der Waals surface area contributed by atoms with Gasteiger partial charge in [0.05, 0.1) is 11.3 Å². The number of benzene rings is 1. The molecule has 0 aliphatic rings. The zero-order valence-corrected chi connectivity index (χ0v) is 11.0. The van der Waals surface area contributed by atoms with Crippen molar-refractivity contribution < 1.29 is 13.2 Å². The van der Waals surface area contributed by atoms with Crippen molar-refractivity contribution in [1.29, 1.82) is 0 Å². The molecule has 0 fully saturated rings. The summed E-state index contributed by atoms with van der Waals surface area (Å²) in [6.45, 7) is 0. The molecule has 3 nitrogen and oxygen atoms in total. The van der Waals surface area contributed by atoms with Crippen LogP contribution in [-0.2, 0) is 6.18 Å². The summed E-state index contributed by atoms with van der Waals surface area (Å²) in [4.78, 5) is 7.80. The molecule has 1 aromatic carbocycles. The first-order valence-corrected chi connectivity index (χ1v) is 5.95.